The van der Waals surface area contributed by atoms with Gasteiger partial charge in [-0.15, -0.1) is 0 Å². The zero-order valence-electron chi connectivity index (χ0n) is 20.0. The Labute approximate surface area is 208 Å². The molecule has 2 aromatic carbocycles. The molecule has 1 aliphatic heterocycles. The molecule has 0 bridgehead atoms. The topological polar surface area (TPSA) is 134 Å². The van der Waals surface area contributed by atoms with Gasteiger partial charge in [0, 0.05) is 22.5 Å². The zero-order chi connectivity index (χ0) is 25.1. The molecular formula is C26H28N6O4. The monoisotopic (exact) mass is 488 g/mol. The van der Waals surface area contributed by atoms with Crippen molar-refractivity contribution in [3.63, 3.8) is 0 Å². The minimum Gasteiger partial charge on any atom is -0.455 e. The maximum atomic E-state index is 9.57. The fourth-order valence-electron chi connectivity index (χ4n) is 3.93. The number of pyridine rings is 1. The summed E-state index contributed by atoms with van der Waals surface area (Å²) in [6.07, 6.45) is 2.67. The zero-order valence-corrected chi connectivity index (χ0v) is 20.0. The molecule has 2 aromatic heterocycles. The first-order valence-electron chi connectivity index (χ1n) is 11.6. The fraction of sp³-hybridized carbons (Fsp3) is 0.269. The fourth-order valence-corrected chi connectivity index (χ4v) is 3.93. The molecule has 36 heavy (non-hydrogen) atoms. The Morgan fingerprint density at radius 3 is 2.58 bits per heavy atom. The summed E-state index contributed by atoms with van der Waals surface area (Å²) in [6.45, 7) is 3.65. The number of ether oxygens (including phenoxy) is 2. The van der Waals surface area contributed by atoms with Crippen LogP contribution in [0.25, 0.3) is 10.9 Å². The van der Waals surface area contributed by atoms with Crippen LogP contribution >= 0.6 is 0 Å². The van der Waals surface area contributed by atoms with Crippen molar-refractivity contribution in [2.45, 2.75) is 25.7 Å². The molecule has 186 valence electrons. The SMILES string of the molecule is Cc1ccc(Oc2ccc(Nc3ncnc4ccc(NC5NC(CO)(CO)CO5)cc34)cc2C)cn1. The summed E-state index contributed by atoms with van der Waals surface area (Å²) < 4.78 is 11.6. The predicted molar refractivity (Wildman–Crippen MR) is 136 cm³/mol. The Morgan fingerprint density at radius 2 is 1.86 bits per heavy atom. The lowest BCUT2D eigenvalue weighted by Crippen LogP contribution is -2.52. The van der Waals surface area contributed by atoms with Gasteiger partial charge in [-0.3, -0.25) is 10.3 Å². The lowest BCUT2D eigenvalue weighted by Gasteiger charge is -2.23. The number of nitrogens with zero attached hydrogens (tertiary/aromatic N) is 3. The molecule has 1 fully saturated rings. The molecule has 3 heterocycles. The minimum atomic E-state index is -0.867. The van der Waals surface area contributed by atoms with Crippen LogP contribution in [0.15, 0.2) is 61.1 Å². The van der Waals surface area contributed by atoms with Crippen LogP contribution in [0.5, 0.6) is 11.5 Å². The van der Waals surface area contributed by atoms with Gasteiger partial charge in [-0.05, 0) is 67.9 Å². The average molecular weight is 489 g/mol. The number of anilines is 3. The number of hydrogen-bond acceptors (Lipinski definition) is 10. The van der Waals surface area contributed by atoms with Crippen LogP contribution in [0.1, 0.15) is 11.3 Å². The second-order valence-corrected chi connectivity index (χ2v) is 8.87. The largest absolute Gasteiger partial charge is 0.455 e. The summed E-state index contributed by atoms with van der Waals surface area (Å²) in [4.78, 5) is 13.1. The molecule has 0 amide bonds. The highest BCUT2D eigenvalue weighted by molar-refractivity contribution is 5.93. The van der Waals surface area contributed by atoms with Gasteiger partial charge in [-0.1, -0.05) is 0 Å². The third-order valence-corrected chi connectivity index (χ3v) is 6.05. The van der Waals surface area contributed by atoms with Crippen LogP contribution < -0.4 is 20.7 Å². The van der Waals surface area contributed by atoms with Crippen LogP contribution in [-0.2, 0) is 4.74 Å². The summed E-state index contributed by atoms with van der Waals surface area (Å²) in [5.74, 6) is 2.08. The molecule has 0 aliphatic carbocycles. The standard InChI is InChI=1S/C26H28N6O4/c1-16-9-18(5-8-23(16)36-20-6-3-17(2)27-11-20)30-24-21-10-19(4-7-22(21)28-15-29-24)31-25-32-26(12-33,13-34)14-35-25/h3-11,15,25,31-34H,12-14H2,1-2H3,(H,28,29,30). The van der Waals surface area contributed by atoms with E-state index in [0.29, 0.717) is 11.6 Å². The van der Waals surface area contributed by atoms with E-state index in [0.717, 1.165) is 39.3 Å². The van der Waals surface area contributed by atoms with E-state index >= 15 is 0 Å². The molecule has 0 spiro atoms. The number of benzene rings is 2. The Hall–Kier alpha value is -3.83. The smallest absolute Gasteiger partial charge is 0.184 e. The molecule has 5 rings (SSSR count). The van der Waals surface area contributed by atoms with Crippen LogP contribution in [-0.4, -0.2) is 56.9 Å². The van der Waals surface area contributed by atoms with E-state index in [1.807, 2.05) is 62.4 Å². The average Bonchev–Trinajstić information content (AvgIpc) is 3.31. The van der Waals surface area contributed by atoms with Gasteiger partial charge in [-0.2, -0.15) is 0 Å². The molecule has 1 unspecified atom stereocenters. The minimum absolute atomic E-state index is 0.195. The number of hydrogen-bond donors (Lipinski definition) is 5. The Bertz CT molecular complexity index is 1360. The van der Waals surface area contributed by atoms with Gasteiger partial charge < -0.3 is 30.3 Å². The highest BCUT2D eigenvalue weighted by Crippen LogP contribution is 2.30. The second kappa shape index (κ2) is 10.0. The van der Waals surface area contributed by atoms with Crippen LogP contribution in [0.4, 0.5) is 17.2 Å². The normalized spacial score (nSPS) is 16.7. The molecule has 10 heteroatoms. The Morgan fingerprint density at radius 1 is 1.03 bits per heavy atom. The molecule has 10 nitrogen and oxygen atoms in total. The quantitative estimate of drug-likeness (QED) is 0.252. The maximum Gasteiger partial charge on any atom is 0.184 e. The lowest BCUT2D eigenvalue weighted by molar-refractivity contribution is 0.0821. The number of fused-ring (bicyclic) bond motifs is 1. The number of nitrogens with one attached hydrogen (secondary N) is 3. The van der Waals surface area contributed by atoms with Gasteiger partial charge in [0.15, 0.2) is 6.35 Å². The number of aromatic nitrogens is 3. The van der Waals surface area contributed by atoms with Crippen molar-refractivity contribution in [1.29, 1.82) is 0 Å². The van der Waals surface area contributed by atoms with Gasteiger partial charge in [-0.25, -0.2) is 9.97 Å². The highest BCUT2D eigenvalue weighted by atomic mass is 16.5. The van der Waals surface area contributed by atoms with Crippen molar-refractivity contribution < 1.29 is 19.7 Å². The van der Waals surface area contributed by atoms with Crippen molar-refractivity contribution >= 4 is 28.1 Å². The van der Waals surface area contributed by atoms with Crippen molar-refractivity contribution in [1.82, 2.24) is 20.3 Å². The van der Waals surface area contributed by atoms with E-state index in [1.54, 1.807) is 6.20 Å². The van der Waals surface area contributed by atoms with E-state index in [1.165, 1.54) is 6.33 Å². The van der Waals surface area contributed by atoms with E-state index in [-0.39, 0.29) is 19.8 Å². The molecule has 1 atom stereocenters. The van der Waals surface area contributed by atoms with Crippen LogP contribution in [0.3, 0.4) is 0 Å². The van der Waals surface area contributed by atoms with Crippen LogP contribution in [0, 0.1) is 13.8 Å². The molecular weight excluding hydrogens is 460 g/mol. The van der Waals surface area contributed by atoms with E-state index in [9.17, 15) is 10.2 Å². The Kier molecular flexibility index (Phi) is 6.66. The second-order valence-electron chi connectivity index (χ2n) is 8.87. The van der Waals surface area contributed by atoms with Crippen molar-refractivity contribution in [3.8, 4) is 11.5 Å². The van der Waals surface area contributed by atoms with Gasteiger partial charge in [0.2, 0.25) is 0 Å². The van der Waals surface area contributed by atoms with E-state index < -0.39 is 11.9 Å². The van der Waals surface area contributed by atoms with Crippen LogP contribution in [0.2, 0.25) is 0 Å². The van der Waals surface area contributed by atoms with Crippen molar-refractivity contribution in [2.24, 2.45) is 0 Å². The molecule has 5 N–H and O–H groups in total. The first-order chi connectivity index (χ1) is 17.5. The van der Waals surface area contributed by atoms with Gasteiger partial charge >= 0.3 is 0 Å². The maximum absolute atomic E-state index is 9.57. The van der Waals surface area contributed by atoms with Gasteiger partial charge in [0.05, 0.1) is 37.1 Å². The summed E-state index contributed by atoms with van der Waals surface area (Å²) in [5, 5.41) is 29.7. The number of aliphatic hydroxyl groups is 2. The highest BCUT2D eigenvalue weighted by Gasteiger charge is 2.38. The summed E-state index contributed by atoms with van der Waals surface area (Å²) in [7, 11) is 0. The predicted octanol–water partition coefficient (Wildman–Crippen LogP) is 3.22. The number of aryl methyl sites for hydroxylation is 2. The third kappa shape index (κ3) is 5.07. The lowest BCUT2D eigenvalue weighted by atomic mass is 10.1. The molecule has 1 saturated heterocycles. The van der Waals surface area contributed by atoms with Gasteiger partial charge in [0.25, 0.3) is 0 Å². The first-order valence-corrected chi connectivity index (χ1v) is 11.6. The number of rotatable bonds is 8. The Balaban J connectivity index is 1.34. The third-order valence-electron chi connectivity index (χ3n) is 6.05. The van der Waals surface area contributed by atoms with E-state index in [2.05, 4.69) is 30.9 Å². The van der Waals surface area contributed by atoms with Gasteiger partial charge in [0.1, 0.15) is 23.6 Å². The molecule has 4 aromatic rings. The molecule has 0 saturated carbocycles. The summed E-state index contributed by atoms with van der Waals surface area (Å²) in [6, 6.07) is 15.3. The molecule has 0 radical (unpaired) electrons. The number of aliphatic hydroxyl groups excluding tert-OH is 2. The van der Waals surface area contributed by atoms with Crippen molar-refractivity contribution in [3.05, 3.63) is 72.3 Å². The van der Waals surface area contributed by atoms with E-state index in [4.69, 9.17) is 9.47 Å². The molecule has 1 aliphatic rings. The summed E-state index contributed by atoms with van der Waals surface area (Å²) in [5.41, 5.74) is 3.44. The first kappa shape index (κ1) is 23.9. The van der Waals surface area contributed by atoms with Crippen molar-refractivity contribution in [2.75, 3.05) is 30.5 Å². The summed E-state index contributed by atoms with van der Waals surface area (Å²) >= 11 is 0.